The zero-order valence-electron chi connectivity index (χ0n) is 13.4. The van der Waals surface area contributed by atoms with Gasteiger partial charge in [0.25, 0.3) is 5.56 Å². The largest absolute Gasteiger partial charge is 0.323 e. The predicted molar refractivity (Wildman–Crippen MR) is 100 cm³/mol. The number of anilines is 1. The Labute approximate surface area is 154 Å². The Morgan fingerprint density at radius 3 is 2.56 bits per heavy atom. The van der Waals surface area contributed by atoms with Gasteiger partial charge in [0, 0.05) is 13.0 Å². The number of fused-ring (bicyclic) bond motifs is 1. The van der Waals surface area contributed by atoms with E-state index in [4.69, 9.17) is 23.2 Å². The summed E-state index contributed by atoms with van der Waals surface area (Å²) in [7, 11) is 0. The van der Waals surface area contributed by atoms with Crippen LogP contribution in [0.25, 0.3) is 10.9 Å². The second-order valence-electron chi connectivity index (χ2n) is 5.61. The van der Waals surface area contributed by atoms with Crippen molar-refractivity contribution < 1.29 is 4.79 Å². The molecule has 0 fully saturated rings. The molecule has 1 aromatic heterocycles. The number of hydrogen-bond donors (Lipinski definition) is 1. The highest BCUT2D eigenvalue weighted by molar-refractivity contribution is 6.39. The fourth-order valence-electron chi connectivity index (χ4n) is 2.54. The number of hydrogen-bond acceptors (Lipinski definition) is 3. The third kappa shape index (κ3) is 3.67. The standard InChI is InChI=1S/C18H15Cl2N3O2/c1-11-4-2-5-12-16(11)21-10-23(18(12)25)9-8-15(24)22-17-13(19)6-3-7-14(17)20/h2-7,10H,8-9H2,1H3,(H,22,24). The van der Waals surface area contributed by atoms with Crippen LogP contribution < -0.4 is 10.9 Å². The van der Waals surface area contributed by atoms with Crippen molar-refractivity contribution in [2.45, 2.75) is 19.9 Å². The van der Waals surface area contributed by atoms with E-state index < -0.39 is 0 Å². The molecule has 2 aromatic carbocycles. The van der Waals surface area contributed by atoms with Crippen LogP contribution in [0.1, 0.15) is 12.0 Å². The van der Waals surface area contributed by atoms with Crippen LogP contribution in [0.3, 0.4) is 0 Å². The van der Waals surface area contributed by atoms with E-state index in [-0.39, 0.29) is 24.4 Å². The third-order valence-electron chi connectivity index (χ3n) is 3.86. The molecular formula is C18H15Cl2N3O2. The van der Waals surface area contributed by atoms with Crippen LogP contribution in [0, 0.1) is 6.92 Å². The Kier molecular flexibility index (Phi) is 5.06. The molecule has 5 nitrogen and oxygen atoms in total. The van der Waals surface area contributed by atoms with Gasteiger partial charge in [0.15, 0.2) is 0 Å². The minimum Gasteiger partial charge on any atom is -0.323 e. The highest BCUT2D eigenvalue weighted by Gasteiger charge is 2.11. The lowest BCUT2D eigenvalue weighted by atomic mass is 10.1. The van der Waals surface area contributed by atoms with Gasteiger partial charge in [0.1, 0.15) is 0 Å². The Morgan fingerprint density at radius 1 is 1.16 bits per heavy atom. The Hall–Kier alpha value is -2.37. The number of carbonyl (C=O) groups is 1. The first kappa shape index (κ1) is 17.5. The second kappa shape index (κ2) is 7.25. The van der Waals surface area contributed by atoms with Crippen molar-refractivity contribution in [2.75, 3.05) is 5.32 Å². The molecule has 3 rings (SSSR count). The maximum Gasteiger partial charge on any atom is 0.261 e. The highest BCUT2D eigenvalue weighted by atomic mass is 35.5. The number of aryl methyl sites for hydroxylation is 2. The number of halogens is 2. The zero-order valence-corrected chi connectivity index (χ0v) is 14.9. The first-order valence-corrected chi connectivity index (χ1v) is 8.41. The summed E-state index contributed by atoms with van der Waals surface area (Å²) in [4.78, 5) is 29.0. The summed E-state index contributed by atoms with van der Waals surface area (Å²) in [5, 5.41) is 3.94. The second-order valence-corrected chi connectivity index (χ2v) is 6.42. The van der Waals surface area contributed by atoms with Crippen molar-refractivity contribution in [1.29, 1.82) is 0 Å². The van der Waals surface area contributed by atoms with Crippen LogP contribution in [-0.2, 0) is 11.3 Å². The molecule has 1 N–H and O–H groups in total. The van der Waals surface area contributed by atoms with Gasteiger partial charge < -0.3 is 5.32 Å². The molecule has 7 heteroatoms. The SMILES string of the molecule is Cc1cccc2c(=O)n(CCC(=O)Nc3c(Cl)cccc3Cl)cnc12. The smallest absolute Gasteiger partial charge is 0.261 e. The normalized spacial score (nSPS) is 10.8. The quantitative estimate of drug-likeness (QED) is 0.748. The average molecular weight is 376 g/mol. The molecule has 25 heavy (non-hydrogen) atoms. The molecule has 0 radical (unpaired) electrons. The number of nitrogens with zero attached hydrogens (tertiary/aromatic N) is 2. The van der Waals surface area contributed by atoms with Crippen molar-refractivity contribution in [2.24, 2.45) is 0 Å². The fourth-order valence-corrected chi connectivity index (χ4v) is 3.03. The Bertz CT molecular complexity index is 995. The molecule has 0 saturated carbocycles. The number of amides is 1. The lowest BCUT2D eigenvalue weighted by Crippen LogP contribution is -2.24. The zero-order chi connectivity index (χ0) is 18.0. The number of benzene rings is 2. The van der Waals surface area contributed by atoms with Gasteiger partial charge >= 0.3 is 0 Å². The fraction of sp³-hybridized carbons (Fsp3) is 0.167. The van der Waals surface area contributed by atoms with Gasteiger partial charge in [-0.25, -0.2) is 4.98 Å². The Morgan fingerprint density at radius 2 is 1.84 bits per heavy atom. The molecule has 0 bridgehead atoms. The van der Waals surface area contributed by atoms with E-state index in [2.05, 4.69) is 10.3 Å². The molecule has 0 spiro atoms. The van der Waals surface area contributed by atoms with Crippen LogP contribution in [0.2, 0.25) is 10.0 Å². The molecule has 1 amide bonds. The molecule has 1 heterocycles. The number of carbonyl (C=O) groups excluding carboxylic acids is 1. The van der Waals surface area contributed by atoms with Crippen LogP contribution >= 0.6 is 23.2 Å². The van der Waals surface area contributed by atoms with E-state index in [9.17, 15) is 9.59 Å². The average Bonchev–Trinajstić information content (AvgIpc) is 2.58. The number of para-hydroxylation sites is 2. The molecule has 0 atom stereocenters. The molecule has 0 unspecified atom stereocenters. The summed E-state index contributed by atoms with van der Waals surface area (Å²) in [5.41, 5.74) is 1.82. The third-order valence-corrected chi connectivity index (χ3v) is 4.49. The number of rotatable bonds is 4. The van der Waals surface area contributed by atoms with E-state index in [1.54, 1.807) is 24.3 Å². The van der Waals surface area contributed by atoms with E-state index in [0.29, 0.717) is 26.6 Å². The van der Waals surface area contributed by atoms with Crippen molar-refractivity contribution in [3.05, 3.63) is 68.7 Å². The summed E-state index contributed by atoms with van der Waals surface area (Å²) in [6, 6.07) is 10.4. The van der Waals surface area contributed by atoms with E-state index >= 15 is 0 Å². The van der Waals surface area contributed by atoms with Crippen LogP contribution in [0.5, 0.6) is 0 Å². The number of aromatic nitrogens is 2. The minimum absolute atomic E-state index is 0.0977. The molecule has 0 aliphatic rings. The first-order chi connectivity index (χ1) is 12.0. The van der Waals surface area contributed by atoms with Crippen molar-refractivity contribution >= 4 is 45.7 Å². The summed E-state index contributed by atoms with van der Waals surface area (Å²) >= 11 is 12.1. The molecule has 3 aromatic rings. The monoisotopic (exact) mass is 375 g/mol. The number of nitrogens with one attached hydrogen (secondary N) is 1. The van der Waals surface area contributed by atoms with Gasteiger partial charge in [-0.2, -0.15) is 0 Å². The summed E-state index contributed by atoms with van der Waals surface area (Å²) < 4.78 is 1.43. The maximum absolute atomic E-state index is 12.5. The summed E-state index contributed by atoms with van der Waals surface area (Å²) in [5.74, 6) is -0.286. The van der Waals surface area contributed by atoms with Crippen molar-refractivity contribution in [3.8, 4) is 0 Å². The first-order valence-electron chi connectivity index (χ1n) is 7.66. The van der Waals surface area contributed by atoms with Gasteiger partial charge in [-0.3, -0.25) is 14.2 Å². The van der Waals surface area contributed by atoms with Crippen LogP contribution in [-0.4, -0.2) is 15.5 Å². The molecule has 0 saturated heterocycles. The van der Waals surface area contributed by atoms with Gasteiger partial charge in [-0.1, -0.05) is 41.4 Å². The lowest BCUT2D eigenvalue weighted by molar-refractivity contribution is -0.116. The van der Waals surface area contributed by atoms with Crippen LogP contribution in [0.15, 0.2) is 47.5 Å². The topological polar surface area (TPSA) is 64.0 Å². The highest BCUT2D eigenvalue weighted by Crippen LogP contribution is 2.29. The summed E-state index contributed by atoms with van der Waals surface area (Å²) in [6.45, 7) is 2.11. The van der Waals surface area contributed by atoms with Crippen molar-refractivity contribution in [3.63, 3.8) is 0 Å². The van der Waals surface area contributed by atoms with Crippen LogP contribution in [0.4, 0.5) is 5.69 Å². The molecule has 128 valence electrons. The molecular weight excluding hydrogens is 361 g/mol. The van der Waals surface area contributed by atoms with Crippen molar-refractivity contribution in [1.82, 2.24) is 9.55 Å². The van der Waals surface area contributed by atoms with E-state index in [1.807, 2.05) is 19.1 Å². The predicted octanol–water partition coefficient (Wildman–Crippen LogP) is 4.04. The molecule has 0 aliphatic carbocycles. The molecule has 0 aliphatic heterocycles. The van der Waals surface area contributed by atoms with E-state index in [0.717, 1.165) is 5.56 Å². The van der Waals surface area contributed by atoms with Gasteiger partial charge in [0.05, 0.1) is 33.0 Å². The lowest BCUT2D eigenvalue weighted by Gasteiger charge is -2.10. The van der Waals surface area contributed by atoms with Gasteiger partial charge in [0.2, 0.25) is 5.91 Å². The maximum atomic E-state index is 12.5. The van der Waals surface area contributed by atoms with Gasteiger partial charge in [-0.05, 0) is 30.7 Å². The minimum atomic E-state index is -0.286. The summed E-state index contributed by atoms with van der Waals surface area (Å²) in [6.07, 6.45) is 1.56. The van der Waals surface area contributed by atoms with E-state index in [1.165, 1.54) is 10.9 Å². The van der Waals surface area contributed by atoms with Gasteiger partial charge in [-0.15, -0.1) is 0 Å². The Balaban J connectivity index is 1.76.